The number of hydrogen-bond acceptors (Lipinski definition) is 8. The third-order valence-electron chi connectivity index (χ3n) is 15.8. The van der Waals surface area contributed by atoms with Crippen LogP contribution in [0.15, 0.2) is 255 Å². The van der Waals surface area contributed by atoms with Crippen LogP contribution < -0.4 is 5.11 Å². The largest absolute Gasteiger partial charge is 0.545 e. The summed E-state index contributed by atoms with van der Waals surface area (Å²) in [4.78, 5) is 37.6. The van der Waals surface area contributed by atoms with Crippen molar-refractivity contribution in [3.05, 3.63) is 255 Å². The molecule has 0 aromatic carbocycles. The quantitative estimate of drug-likeness (QED) is 0.0195. The van der Waals surface area contributed by atoms with E-state index in [1.54, 1.807) is 0 Å². The summed E-state index contributed by atoms with van der Waals surface area (Å²) < 4.78 is 22.8. The van der Waals surface area contributed by atoms with Crippen LogP contribution in [0, 0.1) is 0 Å². The summed E-state index contributed by atoms with van der Waals surface area (Å²) in [6.07, 6.45) is 128. The first kappa shape index (κ1) is 95.8. The lowest BCUT2D eigenvalue weighted by Gasteiger charge is -2.26. The Morgan fingerprint density at radius 3 is 0.786 bits per heavy atom. The Balaban J connectivity index is 4.23. The molecule has 0 rings (SSSR count). The molecular weight excluding hydrogens is 1270 g/mol. The van der Waals surface area contributed by atoms with E-state index in [0.29, 0.717) is 23.9 Å². The Bertz CT molecular complexity index is 2660. The number of quaternary nitrogens is 1. The predicted octanol–water partition coefficient (Wildman–Crippen LogP) is 24.8. The molecule has 0 N–H and O–H groups in total. The average molecular weight is 1420 g/mol. The smallest absolute Gasteiger partial charge is 0.306 e. The summed E-state index contributed by atoms with van der Waals surface area (Å²) in [5.41, 5.74) is 0. The molecule has 0 heterocycles. The van der Waals surface area contributed by atoms with Crippen LogP contribution in [-0.4, -0.2) is 82.3 Å². The highest BCUT2D eigenvalue weighted by atomic mass is 16.7. The predicted molar refractivity (Wildman–Crippen MR) is 443 cm³/mol. The number of carbonyl (C=O) groups excluding carboxylic acids is 3. The van der Waals surface area contributed by atoms with Gasteiger partial charge in [-0.15, -0.1) is 0 Å². The number of unbranched alkanes of at least 4 members (excludes halogenated alkanes) is 13. The molecule has 0 amide bonds. The van der Waals surface area contributed by atoms with Crippen molar-refractivity contribution in [1.29, 1.82) is 0 Å². The van der Waals surface area contributed by atoms with Crippen molar-refractivity contribution in [3.8, 4) is 0 Å². The number of ether oxygens (including phenoxy) is 4. The summed E-state index contributed by atoms with van der Waals surface area (Å²) >= 11 is 0. The molecule has 0 saturated heterocycles. The zero-order chi connectivity index (χ0) is 74.6. The third kappa shape index (κ3) is 82.0. The lowest BCUT2D eigenvalue weighted by atomic mass is 10.1. The Morgan fingerprint density at radius 2 is 0.524 bits per heavy atom. The molecule has 0 spiro atoms. The number of carboxylic acid groups (broad SMARTS) is 1. The van der Waals surface area contributed by atoms with Crippen molar-refractivity contribution in [2.45, 2.75) is 270 Å². The fraction of sp³-hybridized carbons (Fsp3) is 0.521. The van der Waals surface area contributed by atoms with E-state index in [9.17, 15) is 19.5 Å². The van der Waals surface area contributed by atoms with E-state index in [4.69, 9.17) is 18.9 Å². The Hall–Kier alpha value is -7.17. The standard InChI is InChI=1S/C94H143NO8/c1-6-8-10-12-14-16-18-20-22-24-26-28-30-32-34-36-38-40-42-44-45-46-47-49-50-52-54-56-58-60-62-64-66-68-70-72-74-76-78-80-82-84-91(96)101-88-90(89-102-94(93(98)99)100-87-86-95(3,4)5)103-92(97)85-83-81-79-77-75-73-71-69-67-65-63-61-59-57-55-53-51-48-43-41-39-37-35-33-31-29-27-25-23-21-19-17-15-13-11-9-7-2/h8-11,14-17,20-23,26-29,32-35,38-41,44-45,47-49,51-52,54-55,57-58,60-61,63,67,69,73,75,90,94H,6-7,12-13,18-19,24-25,30-31,36-37,42-43,46,50,53,56,59,62,64-66,68,70-72,74,76-89H2,1-5H3/b10-8-,11-9-,16-14-,17-15-,22-20-,23-21-,28-26-,29-27-,34-32-,35-33-,40-38-,41-39-,45-44-,49-47-,51-48-,54-52-,57-55-,60-58-,63-61-,69-67-,75-73-. The van der Waals surface area contributed by atoms with Crippen molar-refractivity contribution in [1.82, 2.24) is 0 Å². The molecule has 572 valence electrons. The zero-order valence-corrected chi connectivity index (χ0v) is 65.3. The van der Waals surface area contributed by atoms with Crippen LogP contribution in [-0.2, 0) is 33.3 Å². The van der Waals surface area contributed by atoms with Gasteiger partial charge in [0, 0.05) is 12.8 Å². The van der Waals surface area contributed by atoms with Gasteiger partial charge in [-0.2, -0.15) is 0 Å². The van der Waals surface area contributed by atoms with E-state index < -0.39 is 24.3 Å². The maximum Gasteiger partial charge on any atom is 0.306 e. The second-order valence-corrected chi connectivity index (χ2v) is 26.5. The Labute approximate surface area is 630 Å². The molecule has 0 radical (unpaired) electrons. The van der Waals surface area contributed by atoms with E-state index in [1.807, 2.05) is 21.1 Å². The van der Waals surface area contributed by atoms with Crippen LogP contribution in [0.5, 0.6) is 0 Å². The van der Waals surface area contributed by atoms with Gasteiger partial charge >= 0.3 is 11.9 Å². The topological polar surface area (TPSA) is 111 Å². The minimum Gasteiger partial charge on any atom is -0.545 e. The van der Waals surface area contributed by atoms with Crippen LogP contribution in [0.25, 0.3) is 0 Å². The lowest BCUT2D eigenvalue weighted by Crippen LogP contribution is -2.44. The Morgan fingerprint density at radius 1 is 0.291 bits per heavy atom. The van der Waals surface area contributed by atoms with Gasteiger partial charge < -0.3 is 33.3 Å². The highest BCUT2D eigenvalue weighted by Gasteiger charge is 2.22. The van der Waals surface area contributed by atoms with Crippen molar-refractivity contribution < 1.29 is 42.9 Å². The summed E-state index contributed by atoms with van der Waals surface area (Å²) in [5.74, 6) is -2.36. The molecule has 9 nitrogen and oxygen atoms in total. The molecule has 0 aromatic rings. The average Bonchev–Trinajstić information content (AvgIpc) is 1.16. The zero-order valence-electron chi connectivity index (χ0n) is 65.3. The van der Waals surface area contributed by atoms with E-state index in [1.165, 1.54) is 38.5 Å². The van der Waals surface area contributed by atoms with Gasteiger partial charge in [-0.05, 0) is 173 Å². The number of aliphatic carboxylic acids is 1. The molecule has 2 atom stereocenters. The number of nitrogens with zero attached hydrogens (tertiary/aromatic N) is 1. The second-order valence-electron chi connectivity index (χ2n) is 26.5. The number of esters is 2. The number of allylic oxidation sites excluding steroid dienone is 42. The van der Waals surface area contributed by atoms with Crippen LogP contribution in [0.2, 0.25) is 0 Å². The molecule has 2 unspecified atom stereocenters. The molecule has 9 heteroatoms. The van der Waals surface area contributed by atoms with Crippen molar-refractivity contribution >= 4 is 17.9 Å². The number of carbonyl (C=O) groups is 3. The van der Waals surface area contributed by atoms with Gasteiger partial charge in [0.05, 0.1) is 40.3 Å². The number of rotatable bonds is 70. The number of likely N-dealkylation sites (N-methyl/N-ethyl adjacent to an activating group) is 1. The summed E-state index contributed by atoms with van der Waals surface area (Å²) in [6.45, 7) is 4.44. The first-order valence-corrected chi connectivity index (χ1v) is 39.8. The van der Waals surface area contributed by atoms with E-state index >= 15 is 0 Å². The van der Waals surface area contributed by atoms with Gasteiger partial charge in [-0.3, -0.25) is 9.59 Å². The molecule has 0 aliphatic heterocycles. The summed E-state index contributed by atoms with van der Waals surface area (Å²) in [5, 5.41) is 11.9. The number of carboxylic acids is 1. The third-order valence-corrected chi connectivity index (χ3v) is 15.8. The minimum atomic E-state index is -1.65. The Kier molecular flexibility index (Phi) is 74.9. The monoisotopic (exact) mass is 1410 g/mol. The summed E-state index contributed by atoms with van der Waals surface area (Å²) in [7, 11) is 5.90. The lowest BCUT2D eigenvalue weighted by molar-refractivity contribution is -0.870. The van der Waals surface area contributed by atoms with Crippen LogP contribution in [0.3, 0.4) is 0 Å². The highest BCUT2D eigenvalue weighted by Crippen LogP contribution is 2.15. The SMILES string of the molecule is CC/C=C\C/C=C\C/C=C\C/C=C\C/C=C\C/C=C\C/C=C\C/C=C\C/C=C\C/C=C\C/C=C\CCCCCC(=O)OC(COC(=O)CCCCCCCCCCCC/C=C\C/C=C\C/C=C\C/C=C\C/C=C\C/C=C\C/C=C\C/C=C\C/C=C\C/C=C\CC)COC(OCC[N+](C)(C)C)C(=O)[O-]. The van der Waals surface area contributed by atoms with E-state index in [0.717, 1.165) is 180 Å². The van der Waals surface area contributed by atoms with Crippen molar-refractivity contribution in [3.63, 3.8) is 0 Å². The van der Waals surface area contributed by atoms with Gasteiger partial charge in [0.2, 0.25) is 0 Å². The maximum atomic E-state index is 13.0. The molecule has 0 aliphatic rings. The summed E-state index contributed by atoms with van der Waals surface area (Å²) in [6, 6.07) is 0. The molecule has 0 fully saturated rings. The van der Waals surface area contributed by atoms with Gasteiger partial charge in [0.15, 0.2) is 12.4 Å². The fourth-order valence-corrected chi connectivity index (χ4v) is 9.80. The van der Waals surface area contributed by atoms with Crippen molar-refractivity contribution in [2.24, 2.45) is 0 Å². The van der Waals surface area contributed by atoms with Gasteiger partial charge in [-0.25, -0.2) is 0 Å². The normalized spacial score (nSPS) is 14.1. The molecule has 0 aromatic heterocycles. The molecule has 0 bridgehead atoms. The highest BCUT2D eigenvalue weighted by molar-refractivity contribution is 5.70. The first-order chi connectivity index (χ1) is 50.6. The minimum absolute atomic E-state index is 0.126. The molecular formula is C94H143NO8. The molecule has 0 saturated carbocycles. The second kappa shape index (κ2) is 80.5. The molecule has 0 aliphatic carbocycles. The van der Waals surface area contributed by atoms with Gasteiger partial charge in [0.25, 0.3) is 0 Å². The van der Waals surface area contributed by atoms with Crippen LogP contribution in [0.1, 0.15) is 258 Å². The van der Waals surface area contributed by atoms with Crippen molar-refractivity contribution in [2.75, 3.05) is 47.5 Å². The van der Waals surface area contributed by atoms with E-state index in [-0.39, 0.29) is 38.6 Å². The van der Waals surface area contributed by atoms with Gasteiger partial charge in [-0.1, -0.05) is 327 Å². The van der Waals surface area contributed by atoms with Crippen LogP contribution in [0.4, 0.5) is 0 Å². The van der Waals surface area contributed by atoms with Crippen LogP contribution >= 0.6 is 0 Å². The maximum absolute atomic E-state index is 13.0. The molecule has 103 heavy (non-hydrogen) atoms. The fourth-order valence-electron chi connectivity index (χ4n) is 9.80. The number of hydrogen-bond donors (Lipinski definition) is 0. The van der Waals surface area contributed by atoms with E-state index in [2.05, 4.69) is 269 Å². The first-order valence-electron chi connectivity index (χ1n) is 39.8. The van der Waals surface area contributed by atoms with Gasteiger partial charge in [0.1, 0.15) is 13.2 Å².